The Morgan fingerprint density at radius 1 is 1.08 bits per heavy atom. The summed E-state index contributed by atoms with van der Waals surface area (Å²) in [6.45, 7) is 2.05. The van der Waals surface area contributed by atoms with Crippen molar-refractivity contribution in [3.63, 3.8) is 0 Å². The first-order valence-corrected chi connectivity index (χ1v) is 8.03. The zero-order valence-electron chi connectivity index (χ0n) is 14.1. The van der Waals surface area contributed by atoms with Gasteiger partial charge in [0.15, 0.2) is 0 Å². The predicted octanol–water partition coefficient (Wildman–Crippen LogP) is 3.97. The quantitative estimate of drug-likeness (QED) is 0.400. The summed E-state index contributed by atoms with van der Waals surface area (Å²) in [4.78, 5) is 24.0. The number of benzene rings is 2. The molecule has 5 nitrogen and oxygen atoms in total. The minimum atomic E-state index is -0.509. The molecule has 0 saturated carbocycles. The number of hydrogen-bond acceptors (Lipinski definition) is 5. The summed E-state index contributed by atoms with van der Waals surface area (Å²) in [5.74, 6) is 0.380. The third-order valence-corrected chi connectivity index (χ3v) is 3.84. The molecule has 0 aliphatic rings. The van der Waals surface area contributed by atoms with E-state index in [-0.39, 0.29) is 0 Å². The van der Waals surface area contributed by atoms with Gasteiger partial charge in [0.2, 0.25) is 0 Å². The first-order chi connectivity index (χ1) is 12.1. The number of esters is 1. The standard InChI is InChI=1S/C20H18O5/c1-3-5-13-11-19(21)25-18-12-16(8-9-17(13)18)24-20(22)14-6-4-7-15(10-14)23-2/h4,6-12H,3,5H2,1-2H3. The molecule has 3 rings (SSSR count). The lowest BCUT2D eigenvalue weighted by atomic mass is 10.1. The highest BCUT2D eigenvalue weighted by Gasteiger charge is 2.12. The maximum atomic E-state index is 12.3. The summed E-state index contributed by atoms with van der Waals surface area (Å²) in [6, 6.07) is 13.3. The number of carbonyl (C=O) groups is 1. The number of hydrogen-bond donors (Lipinski definition) is 0. The van der Waals surface area contributed by atoms with Gasteiger partial charge in [0.05, 0.1) is 12.7 Å². The van der Waals surface area contributed by atoms with Crippen LogP contribution in [0.25, 0.3) is 11.0 Å². The third-order valence-electron chi connectivity index (χ3n) is 3.84. The van der Waals surface area contributed by atoms with Gasteiger partial charge in [0.1, 0.15) is 17.1 Å². The van der Waals surface area contributed by atoms with Crippen molar-refractivity contribution in [1.82, 2.24) is 0 Å². The van der Waals surface area contributed by atoms with E-state index in [2.05, 4.69) is 0 Å². The number of ether oxygens (including phenoxy) is 2. The molecule has 2 aromatic carbocycles. The van der Waals surface area contributed by atoms with Gasteiger partial charge in [0, 0.05) is 17.5 Å². The van der Waals surface area contributed by atoms with E-state index >= 15 is 0 Å². The second-order valence-corrected chi connectivity index (χ2v) is 5.62. The van der Waals surface area contributed by atoms with E-state index in [1.165, 1.54) is 13.2 Å². The van der Waals surface area contributed by atoms with Gasteiger partial charge in [-0.3, -0.25) is 0 Å². The van der Waals surface area contributed by atoms with E-state index in [0.717, 1.165) is 23.8 Å². The minimum absolute atomic E-state index is 0.317. The summed E-state index contributed by atoms with van der Waals surface area (Å²) in [5.41, 5.74) is 1.30. The van der Waals surface area contributed by atoms with Crippen LogP contribution in [0, 0.1) is 0 Å². The summed E-state index contributed by atoms with van der Waals surface area (Å²) in [5, 5.41) is 0.850. The van der Waals surface area contributed by atoms with Gasteiger partial charge >= 0.3 is 11.6 Å². The van der Waals surface area contributed by atoms with E-state index in [0.29, 0.717) is 22.6 Å². The number of carbonyl (C=O) groups excluding carboxylic acids is 1. The van der Waals surface area contributed by atoms with Crippen molar-refractivity contribution in [2.45, 2.75) is 19.8 Å². The average Bonchev–Trinajstić information content (AvgIpc) is 2.61. The van der Waals surface area contributed by atoms with E-state index in [1.807, 2.05) is 6.92 Å². The lowest BCUT2D eigenvalue weighted by molar-refractivity contribution is 0.0734. The zero-order chi connectivity index (χ0) is 17.8. The van der Waals surface area contributed by atoms with Crippen LogP contribution in [0.4, 0.5) is 0 Å². The van der Waals surface area contributed by atoms with Crippen molar-refractivity contribution in [2.24, 2.45) is 0 Å². The minimum Gasteiger partial charge on any atom is -0.497 e. The molecule has 1 aromatic heterocycles. The van der Waals surface area contributed by atoms with Crippen LogP contribution in [0.15, 0.2) is 57.7 Å². The van der Waals surface area contributed by atoms with Gasteiger partial charge in [-0.2, -0.15) is 0 Å². The second kappa shape index (κ2) is 7.21. The van der Waals surface area contributed by atoms with E-state index in [9.17, 15) is 9.59 Å². The molecule has 0 aliphatic heterocycles. The van der Waals surface area contributed by atoms with Crippen molar-refractivity contribution in [1.29, 1.82) is 0 Å². The molecule has 0 amide bonds. The fraction of sp³-hybridized carbons (Fsp3) is 0.200. The zero-order valence-corrected chi connectivity index (χ0v) is 14.1. The molecule has 0 fully saturated rings. The second-order valence-electron chi connectivity index (χ2n) is 5.62. The molecule has 5 heteroatoms. The van der Waals surface area contributed by atoms with Crippen molar-refractivity contribution >= 4 is 16.9 Å². The Bertz CT molecular complexity index is 971. The van der Waals surface area contributed by atoms with Crippen molar-refractivity contribution < 1.29 is 18.7 Å². The van der Waals surface area contributed by atoms with E-state index in [4.69, 9.17) is 13.9 Å². The molecule has 0 radical (unpaired) electrons. The van der Waals surface area contributed by atoms with Crippen LogP contribution >= 0.6 is 0 Å². The molecule has 0 atom stereocenters. The van der Waals surface area contributed by atoms with Crippen LogP contribution in [0.5, 0.6) is 11.5 Å². The fourth-order valence-electron chi connectivity index (χ4n) is 2.67. The number of aryl methyl sites for hydroxylation is 1. The molecular formula is C20H18O5. The Labute approximate surface area is 144 Å². The molecule has 0 bridgehead atoms. The van der Waals surface area contributed by atoms with E-state index < -0.39 is 11.6 Å². The van der Waals surface area contributed by atoms with Gasteiger partial charge < -0.3 is 13.9 Å². The topological polar surface area (TPSA) is 65.7 Å². The fourth-order valence-corrected chi connectivity index (χ4v) is 2.67. The Morgan fingerprint density at radius 3 is 2.68 bits per heavy atom. The first-order valence-electron chi connectivity index (χ1n) is 8.03. The molecule has 3 aromatic rings. The van der Waals surface area contributed by atoms with Gasteiger partial charge in [-0.15, -0.1) is 0 Å². The highest BCUT2D eigenvalue weighted by Crippen LogP contribution is 2.24. The highest BCUT2D eigenvalue weighted by atomic mass is 16.5. The molecule has 0 spiro atoms. The number of fused-ring (bicyclic) bond motifs is 1. The molecule has 128 valence electrons. The Balaban J connectivity index is 1.91. The van der Waals surface area contributed by atoms with Crippen molar-refractivity contribution in [3.8, 4) is 11.5 Å². The molecule has 0 aliphatic carbocycles. The van der Waals surface area contributed by atoms with Crippen molar-refractivity contribution in [3.05, 3.63) is 70.1 Å². The summed E-state index contributed by atoms with van der Waals surface area (Å²) < 4.78 is 15.7. The molecule has 1 heterocycles. The maximum Gasteiger partial charge on any atom is 0.343 e. The lowest BCUT2D eigenvalue weighted by Gasteiger charge is -2.08. The molecule has 0 N–H and O–H groups in total. The average molecular weight is 338 g/mol. The molecule has 0 unspecified atom stereocenters. The van der Waals surface area contributed by atoms with Gasteiger partial charge in [-0.05, 0) is 42.3 Å². The van der Waals surface area contributed by atoms with Crippen LogP contribution in [0.2, 0.25) is 0 Å². The number of rotatable bonds is 5. The van der Waals surface area contributed by atoms with E-state index in [1.54, 1.807) is 42.5 Å². The number of methoxy groups -OCH3 is 1. The van der Waals surface area contributed by atoms with Crippen LogP contribution < -0.4 is 15.1 Å². The Kier molecular flexibility index (Phi) is 4.84. The Hall–Kier alpha value is -3.08. The van der Waals surface area contributed by atoms with Crippen molar-refractivity contribution in [2.75, 3.05) is 7.11 Å². The summed E-state index contributed by atoms with van der Waals surface area (Å²) in [7, 11) is 1.53. The van der Waals surface area contributed by atoms with Gasteiger partial charge in [0.25, 0.3) is 0 Å². The first kappa shape index (κ1) is 16.8. The van der Waals surface area contributed by atoms with Crippen LogP contribution in [0.3, 0.4) is 0 Å². The molecule has 25 heavy (non-hydrogen) atoms. The maximum absolute atomic E-state index is 12.3. The Morgan fingerprint density at radius 2 is 1.92 bits per heavy atom. The normalized spacial score (nSPS) is 10.6. The SMILES string of the molecule is CCCc1cc(=O)oc2cc(OC(=O)c3cccc(OC)c3)ccc12. The van der Waals surface area contributed by atoms with Gasteiger partial charge in [-0.25, -0.2) is 9.59 Å². The summed E-state index contributed by atoms with van der Waals surface area (Å²) in [6.07, 6.45) is 1.70. The van der Waals surface area contributed by atoms with Crippen LogP contribution in [-0.2, 0) is 6.42 Å². The molecular weight excluding hydrogens is 320 g/mol. The summed E-state index contributed by atoms with van der Waals surface area (Å²) >= 11 is 0. The third kappa shape index (κ3) is 3.71. The smallest absolute Gasteiger partial charge is 0.343 e. The largest absolute Gasteiger partial charge is 0.497 e. The lowest BCUT2D eigenvalue weighted by Crippen LogP contribution is -2.08. The predicted molar refractivity (Wildman–Crippen MR) is 94.4 cm³/mol. The molecule has 0 saturated heterocycles. The van der Waals surface area contributed by atoms with Crippen LogP contribution in [-0.4, -0.2) is 13.1 Å². The monoisotopic (exact) mass is 338 g/mol. The van der Waals surface area contributed by atoms with Crippen LogP contribution in [0.1, 0.15) is 29.3 Å². The highest BCUT2D eigenvalue weighted by molar-refractivity contribution is 5.92. The van der Waals surface area contributed by atoms with Gasteiger partial charge in [-0.1, -0.05) is 19.4 Å².